The summed E-state index contributed by atoms with van der Waals surface area (Å²) in [5.41, 5.74) is 4.20. The van der Waals surface area contributed by atoms with Crippen LogP contribution < -0.4 is 0 Å². The summed E-state index contributed by atoms with van der Waals surface area (Å²) in [5.74, 6) is -0.655. The number of aryl methyl sites for hydroxylation is 2. The van der Waals surface area contributed by atoms with Crippen molar-refractivity contribution in [3.63, 3.8) is 0 Å². The Hall–Kier alpha value is -2.88. The van der Waals surface area contributed by atoms with Gasteiger partial charge in [0.25, 0.3) is 0 Å². The van der Waals surface area contributed by atoms with E-state index in [1.165, 1.54) is 0 Å². The zero-order valence-corrected chi connectivity index (χ0v) is 14.5. The third-order valence-corrected chi connectivity index (χ3v) is 4.16. The maximum Gasteiger partial charge on any atom is 0.311 e. The number of benzene rings is 2. The molecule has 2 aromatic carbocycles. The fraction of sp³-hybridized carbons (Fsp3) is 0.238. The monoisotopic (exact) mass is 336 g/mol. The minimum atomic E-state index is -0.824. The van der Waals surface area contributed by atoms with Crippen LogP contribution in [0.4, 0.5) is 0 Å². The van der Waals surface area contributed by atoms with E-state index >= 15 is 0 Å². The van der Waals surface area contributed by atoms with Crippen LogP contribution in [0.5, 0.6) is 0 Å². The zero-order chi connectivity index (χ0) is 18.0. The maximum absolute atomic E-state index is 12.3. The van der Waals surface area contributed by atoms with Crippen LogP contribution in [-0.4, -0.2) is 17.9 Å². The highest BCUT2D eigenvalue weighted by atomic mass is 16.5. The summed E-state index contributed by atoms with van der Waals surface area (Å²) in [6, 6.07) is 13.0. The summed E-state index contributed by atoms with van der Waals surface area (Å²) in [7, 11) is 0. The van der Waals surface area contributed by atoms with E-state index in [4.69, 9.17) is 9.15 Å². The van der Waals surface area contributed by atoms with E-state index in [0.717, 1.165) is 27.7 Å². The van der Waals surface area contributed by atoms with Crippen molar-refractivity contribution in [2.24, 2.45) is 0 Å². The minimum Gasteiger partial charge on any atom is -0.464 e. The van der Waals surface area contributed by atoms with Crippen LogP contribution in [-0.2, 0) is 16.0 Å². The van der Waals surface area contributed by atoms with E-state index in [0.29, 0.717) is 5.56 Å². The van der Waals surface area contributed by atoms with E-state index in [2.05, 4.69) is 0 Å². The predicted molar refractivity (Wildman–Crippen MR) is 95.7 cm³/mol. The molecule has 3 aromatic rings. The molecule has 4 heteroatoms. The van der Waals surface area contributed by atoms with Gasteiger partial charge in [-0.25, -0.2) is 0 Å². The maximum atomic E-state index is 12.3. The van der Waals surface area contributed by atoms with Gasteiger partial charge in [-0.05, 0) is 32.4 Å². The van der Waals surface area contributed by atoms with Gasteiger partial charge >= 0.3 is 5.97 Å². The highest BCUT2D eigenvalue weighted by Crippen LogP contribution is 2.23. The first-order chi connectivity index (χ1) is 11.9. The van der Waals surface area contributed by atoms with E-state index in [1.807, 2.05) is 44.2 Å². The van der Waals surface area contributed by atoms with Gasteiger partial charge in [0.05, 0.1) is 12.7 Å². The molecule has 0 fully saturated rings. The van der Waals surface area contributed by atoms with Crippen LogP contribution >= 0.6 is 0 Å². The third-order valence-electron chi connectivity index (χ3n) is 4.16. The van der Waals surface area contributed by atoms with Crippen molar-refractivity contribution in [3.8, 4) is 0 Å². The highest BCUT2D eigenvalue weighted by Gasteiger charge is 2.20. The number of carbonyl (C=O) groups is 2. The van der Waals surface area contributed by atoms with E-state index < -0.39 is 12.1 Å². The molecule has 0 aliphatic carbocycles. The Morgan fingerprint density at radius 1 is 1.04 bits per heavy atom. The molecule has 3 rings (SSSR count). The van der Waals surface area contributed by atoms with Gasteiger partial charge < -0.3 is 9.15 Å². The molecule has 1 aromatic heterocycles. The molecule has 1 heterocycles. The van der Waals surface area contributed by atoms with Crippen molar-refractivity contribution < 1.29 is 18.7 Å². The molecular weight excluding hydrogens is 316 g/mol. The van der Waals surface area contributed by atoms with Crippen LogP contribution in [0.2, 0.25) is 0 Å². The summed E-state index contributed by atoms with van der Waals surface area (Å²) in [5, 5.41) is 0.889. The van der Waals surface area contributed by atoms with Gasteiger partial charge in [0, 0.05) is 16.5 Å². The lowest BCUT2D eigenvalue weighted by atomic mass is 10.1. The minimum absolute atomic E-state index is 0.0710. The Bertz CT molecular complexity index is 919. The van der Waals surface area contributed by atoms with E-state index in [-0.39, 0.29) is 12.2 Å². The fourth-order valence-electron chi connectivity index (χ4n) is 2.73. The van der Waals surface area contributed by atoms with Crippen LogP contribution in [0, 0.1) is 13.8 Å². The highest BCUT2D eigenvalue weighted by molar-refractivity contribution is 6.00. The average Bonchev–Trinajstić information content (AvgIpc) is 2.96. The van der Waals surface area contributed by atoms with Gasteiger partial charge in [-0.15, -0.1) is 0 Å². The first-order valence-corrected chi connectivity index (χ1v) is 8.21. The van der Waals surface area contributed by atoms with E-state index in [9.17, 15) is 9.59 Å². The lowest BCUT2D eigenvalue weighted by Crippen LogP contribution is -2.25. The molecule has 0 saturated heterocycles. The average molecular weight is 336 g/mol. The molecule has 4 nitrogen and oxygen atoms in total. The van der Waals surface area contributed by atoms with Crippen molar-refractivity contribution in [1.82, 2.24) is 0 Å². The summed E-state index contributed by atoms with van der Waals surface area (Å²) < 4.78 is 10.8. The summed E-state index contributed by atoms with van der Waals surface area (Å²) in [4.78, 5) is 24.6. The first kappa shape index (κ1) is 17.0. The zero-order valence-electron chi connectivity index (χ0n) is 14.5. The van der Waals surface area contributed by atoms with Crippen molar-refractivity contribution in [3.05, 3.63) is 71.0 Å². The molecule has 25 heavy (non-hydrogen) atoms. The number of Topliss-reactive ketones (excluding diaryl/α,β-unsaturated/α-hetero) is 1. The van der Waals surface area contributed by atoms with Gasteiger partial charge in [0.15, 0.2) is 6.10 Å². The van der Waals surface area contributed by atoms with Gasteiger partial charge in [0.2, 0.25) is 5.78 Å². The number of carbonyl (C=O) groups excluding carboxylic acids is 2. The Labute approximate surface area is 146 Å². The number of furan rings is 1. The Morgan fingerprint density at radius 2 is 1.72 bits per heavy atom. The van der Waals surface area contributed by atoms with Gasteiger partial charge in [-0.1, -0.05) is 42.0 Å². The summed E-state index contributed by atoms with van der Waals surface area (Å²) >= 11 is 0. The number of fused-ring (bicyclic) bond motifs is 1. The normalized spacial score (nSPS) is 12.1. The molecule has 0 N–H and O–H groups in total. The number of hydrogen-bond acceptors (Lipinski definition) is 4. The third kappa shape index (κ3) is 3.79. The van der Waals surface area contributed by atoms with Gasteiger partial charge in [-0.2, -0.15) is 0 Å². The number of rotatable bonds is 5. The number of ether oxygens (including phenoxy) is 1. The molecule has 128 valence electrons. The SMILES string of the molecule is Cc1ccc(C(=O)[C@@H](C)OC(=O)Cc2coc3cc(C)ccc23)cc1. The van der Waals surface area contributed by atoms with Crippen LogP contribution in [0.25, 0.3) is 11.0 Å². The Kier molecular flexibility index (Phi) is 4.70. The Balaban J connectivity index is 1.67. The van der Waals surface area contributed by atoms with Crippen molar-refractivity contribution in [2.75, 3.05) is 0 Å². The van der Waals surface area contributed by atoms with Crippen LogP contribution in [0.1, 0.15) is 34.0 Å². The lowest BCUT2D eigenvalue weighted by Gasteiger charge is -2.12. The second-order valence-corrected chi connectivity index (χ2v) is 6.30. The molecule has 0 bridgehead atoms. The van der Waals surface area contributed by atoms with Gasteiger partial charge in [0.1, 0.15) is 5.58 Å². The second-order valence-electron chi connectivity index (χ2n) is 6.30. The molecule has 0 amide bonds. The standard InChI is InChI=1S/C21H20O4/c1-13-4-7-16(8-5-13)21(23)15(3)25-20(22)11-17-12-24-19-10-14(2)6-9-18(17)19/h4-10,12,15H,11H2,1-3H3/t15-/m1/s1. The molecular formula is C21H20O4. The van der Waals surface area contributed by atoms with Gasteiger partial charge in [-0.3, -0.25) is 9.59 Å². The molecule has 0 aliphatic rings. The van der Waals surface area contributed by atoms with Crippen LogP contribution in [0.3, 0.4) is 0 Å². The molecule has 1 atom stereocenters. The van der Waals surface area contributed by atoms with Crippen molar-refractivity contribution in [1.29, 1.82) is 0 Å². The van der Waals surface area contributed by atoms with Crippen molar-refractivity contribution in [2.45, 2.75) is 33.3 Å². The molecule has 0 unspecified atom stereocenters. The largest absolute Gasteiger partial charge is 0.464 e. The van der Waals surface area contributed by atoms with Crippen molar-refractivity contribution >= 4 is 22.7 Å². The molecule has 0 saturated carbocycles. The fourth-order valence-corrected chi connectivity index (χ4v) is 2.73. The topological polar surface area (TPSA) is 56.5 Å². The number of esters is 1. The Morgan fingerprint density at radius 3 is 2.44 bits per heavy atom. The second kappa shape index (κ2) is 6.93. The smallest absolute Gasteiger partial charge is 0.311 e. The quantitative estimate of drug-likeness (QED) is 0.512. The number of ketones is 1. The summed E-state index contributed by atoms with van der Waals surface area (Å²) in [6.45, 7) is 5.53. The predicted octanol–water partition coefficient (Wildman–Crippen LogP) is 4.41. The number of hydrogen-bond donors (Lipinski definition) is 0. The first-order valence-electron chi connectivity index (χ1n) is 8.21. The lowest BCUT2D eigenvalue weighted by molar-refractivity contribution is -0.145. The molecule has 0 radical (unpaired) electrons. The summed E-state index contributed by atoms with van der Waals surface area (Å²) in [6.07, 6.45) is 0.815. The molecule has 0 aliphatic heterocycles. The van der Waals surface area contributed by atoms with E-state index in [1.54, 1.807) is 25.3 Å². The molecule has 0 spiro atoms. The van der Waals surface area contributed by atoms with Crippen LogP contribution in [0.15, 0.2) is 53.1 Å².